The molecular weight excluding hydrogens is 415 g/mol. The number of benzene rings is 1. The summed E-state index contributed by atoms with van der Waals surface area (Å²) in [7, 11) is 0. The number of ether oxygens (including phenoxy) is 1. The van der Waals surface area contributed by atoms with Gasteiger partial charge in [-0.25, -0.2) is 4.39 Å². The highest BCUT2D eigenvalue weighted by atomic mass is 32.1. The van der Waals surface area contributed by atoms with E-state index in [0.717, 1.165) is 30.6 Å². The van der Waals surface area contributed by atoms with E-state index in [1.54, 1.807) is 17.0 Å². The topological polar surface area (TPSA) is 58.6 Å². The van der Waals surface area contributed by atoms with Gasteiger partial charge in [-0.05, 0) is 55.3 Å². The lowest BCUT2D eigenvalue weighted by Gasteiger charge is -2.32. The average molecular weight is 447 g/mol. The molecule has 1 aliphatic rings. The minimum atomic E-state index is -0.796. The molecule has 5 nitrogen and oxygen atoms in total. The van der Waals surface area contributed by atoms with E-state index in [9.17, 15) is 14.0 Å². The molecule has 0 radical (unpaired) electrons. The van der Waals surface area contributed by atoms with Gasteiger partial charge >= 0.3 is 0 Å². The van der Waals surface area contributed by atoms with Gasteiger partial charge in [0.25, 0.3) is 0 Å². The van der Waals surface area contributed by atoms with Crippen LogP contribution >= 0.6 is 11.3 Å². The van der Waals surface area contributed by atoms with Gasteiger partial charge in [0.05, 0.1) is 6.42 Å². The van der Waals surface area contributed by atoms with Crippen molar-refractivity contribution in [2.75, 3.05) is 19.8 Å². The van der Waals surface area contributed by atoms with Crippen molar-refractivity contribution in [1.29, 1.82) is 0 Å². The average Bonchev–Trinajstić information content (AvgIpc) is 3.45. The predicted octanol–water partition coefficient (Wildman–Crippen LogP) is 4.49. The van der Waals surface area contributed by atoms with Crippen LogP contribution in [0.5, 0.6) is 0 Å². The minimum absolute atomic E-state index is 0.116. The lowest BCUT2D eigenvalue weighted by molar-refractivity contribution is -0.141. The van der Waals surface area contributed by atoms with E-state index in [1.807, 2.05) is 24.4 Å². The molecule has 0 saturated heterocycles. The van der Waals surface area contributed by atoms with E-state index < -0.39 is 6.04 Å². The van der Waals surface area contributed by atoms with E-state index in [4.69, 9.17) is 4.74 Å². The van der Waals surface area contributed by atoms with Crippen LogP contribution in [0.25, 0.3) is 0 Å². The lowest BCUT2D eigenvalue weighted by Crippen LogP contribution is -2.47. The molecule has 0 bridgehead atoms. The van der Waals surface area contributed by atoms with E-state index in [2.05, 4.69) is 5.32 Å². The Morgan fingerprint density at radius 1 is 1.23 bits per heavy atom. The fraction of sp³-hybridized carbons (Fsp3) is 0.500. The van der Waals surface area contributed by atoms with Crippen LogP contribution in [0, 0.1) is 5.82 Å². The van der Waals surface area contributed by atoms with Crippen LogP contribution < -0.4 is 5.32 Å². The van der Waals surface area contributed by atoms with Crippen molar-refractivity contribution in [2.24, 2.45) is 0 Å². The van der Waals surface area contributed by atoms with Gasteiger partial charge in [-0.3, -0.25) is 9.59 Å². The molecule has 31 heavy (non-hydrogen) atoms. The molecule has 1 aromatic carbocycles. The number of carbonyl (C=O) groups excluding carboxylic acids is 2. The third kappa shape index (κ3) is 6.87. The first-order valence-electron chi connectivity index (χ1n) is 11.0. The fourth-order valence-electron chi connectivity index (χ4n) is 4.01. The normalized spacial score (nSPS) is 15.0. The van der Waals surface area contributed by atoms with Gasteiger partial charge in [0.1, 0.15) is 11.9 Å². The summed E-state index contributed by atoms with van der Waals surface area (Å²) in [5, 5.41) is 5.07. The highest BCUT2D eigenvalue weighted by molar-refractivity contribution is 7.10. The van der Waals surface area contributed by atoms with Crippen LogP contribution in [-0.2, 0) is 20.7 Å². The van der Waals surface area contributed by atoms with Crippen LogP contribution in [0.4, 0.5) is 4.39 Å². The van der Waals surface area contributed by atoms with E-state index in [-0.39, 0.29) is 30.1 Å². The number of thiophene rings is 1. The molecule has 168 valence electrons. The second-order valence-electron chi connectivity index (χ2n) is 7.84. The molecule has 1 fully saturated rings. The Morgan fingerprint density at radius 3 is 2.61 bits per heavy atom. The van der Waals surface area contributed by atoms with Crippen molar-refractivity contribution in [2.45, 2.75) is 57.5 Å². The first-order chi connectivity index (χ1) is 15.1. The molecule has 2 amide bonds. The highest BCUT2D eigenvalue weighted by Gasteiger charge is 2.33. The molecule has 1 N–H and O–H groups in total. The molecular formula is C24H31FN2O3S. The number of halogens is 1. The van der Waals surface area contributed by atoms with Crippen molar-refractivity contribution < 1.29 is 18.7 Å². The molecule has 1 atom stereocenters. The molecule has 7 heteroatoms. The molecule has 1 heterocycles. The Morgan fingerprint density at radius 2 is 1.97 bits per heavy atom. The van der Waals surface area contributed by atoms with Gasteiger partial charge in [-0.1, -0.05) is 31.0 Å². The van der Waals surface area contributed by atoms with Crippen LogP contribution in [0.2, 0.25) is 0 Å². The molecule has 0 spiro atoms. The maximum absolute atomic E-state index is 13.6. The molecule has 0 unspecified atom stereocenters. The largest absolute Gasteiger partial charge is 0.382 e. The van der Waals surface area contributed by atoms with Crippen molar-refractivity contribution in [1.82, 2.24) is 10.2 Å². The van der Waals surface area contributed by atoms with Gasteiger partial charge in [0.15, 0.2) is 0 Å². The van der Waals surface area contributed by atoms with Crippen LogP contribution in [-0.4, -0.2) is 42.5 Å². The summed E-state index contributed by atoms with van der Waals surface area (Å²) >= 11 is 1.52. The highest BCUT2D eigenvalue weighted by Crippen LogP contribution is 2.26. The molecule has 1 aliphatic carbocycles. The van der Waals surface area contributed by atoms with Crippen LogP contribution in [0.15, 0.2) is 41.8 Å². The van der Waals surface area contributed by atoms with E-state index in [1.165, 1.54) is 23.5 Å². The molecule has 2 aromatic rings. The maximum atomic E-state index is 13.6. The second-order valence-corrected chi connectivity index (χ2v) is 8.87. The van der Waals surface area contributed by atoms with Gasteiger partial charge < -0.3 is 15.0 Å². The summed E-state index contributed by atoms with van der Waals surface area (Å²) in [6.07, 6.45) is 4.97. The summed E-state index contributed by atoms with van der Waals surface area (Å²) < 4.78 is 19.0. The summed E-state index contributed by atoms with van der Waals surface area (Å²) in [6.45, 7) is 3.44. The summed E-state index contributed by atoms with van der Waals surface area (Å²) in [6, 6.07) is 9.05. The molecule has 0 aliphatic heterocycles. The standard InChI is InChI=1S/C24H31FN2O3S/c1-2-30-15-6-14-27(22(28)17-21-9-5-16-31-21)23(18-10-12-19(25)13-11-18)24(29)26-20-7-3-4-8-20/h5,9-13,16,20,23H,2-4,6-8,14-15,17H2,1H3,(H,26,29)/t23-/m1/s1. The Hall–Kier alpha value is -2.25. The van der Waals surface area contributed by atoms with Gasteiger partial charge in [-0.2, -0.15) is 0 Å². The Kier molecular flexibility index (Phi) is 9.03. The smallest absolute Gasteiger partial charge is 0.247 e. The first kappa shape index (κ1) is 23.4. The van der Waals surface area contributed by atoms with Crippen molar-refractivity contribution in [3.8, 4) is 0 Å². The zero-order valence-electron chi connectivity index (χ0n) is 18.0. The number of rotatable bonds is 11. The summed E-state index contributed by atoms with van der Waals surface area (Å²) in [4.78, 5) is 29.3. The number of hydrogen-bond acceptors (Lipinski definition) is 4. The van der Waals surface area contributed by atoms with Gasteiger partial charge in [0.2, 0.25) is 11.8 Å². The SMILES string of the molecule is CCOCCCN(C(=O)Cc1cccs1)[C@@H](C(=O)NC1CCCC1)c1ccc(F)cc1. The Bertz CT molecular complexity index is 820. The fourth-order valence-corrected chi connectivity index (χ4v) is 4.71. The number of nitrogens with one attached hydrogen (secondary N) is 1. The van der Waals surface area contributed by atoms with Crippen LogP contribution in [0.3, 0.4) is 0 Å². The number of carbonyl (C=O) groups is 2. The lowest BCUT2D eigenvalue weighted by atomic mass is 10.0. The zero-order valence-corrected chi connectivity index (χ0v) is 18.8. The predicted molar refractivity (Wildman–Crippen MR) is 120 cm³/mol. The Labute approximate surface area is 187 Å². The van der Waals surface area contributed by atoms with Crippen LogP contribution in [0.1, 0.15) is 55.5 Å². The number of nitrogens with zero attached hydrogens (tertiary/aromatic N) is 1. The molecule has 1 saturated carbocycles. The third-order valence-corrected chi connectivity index (χ3v) is 6.44. The molecule has 1 aromatic heterocycles. The maximum Gasteiger partial charge on any atom is 0.247 e. The summed E-state index contributed by atoms with van der Waals surface area (Å²) in [5.74, 6) is -0.684. The van der Waals surface area contributed by atoms with Gasteiger partial charge in [-0.15, -0.1) is 11.3 Å². The van der Waals surface area contributed by atoms with Crippen molar-refractivity contribution in [3.05, 3.63) is 58.0 Å². The zero-order chi connectivity index (χ0) is 22.1. The van der Waals surface area contributed by atoms with Gasteiger partial charge in [0, 0.05) is 30.7 Å². The quantitative estimate of drug-likeness (QED) is 0.518. The minimum Gasteiger partial charge on any atom is -0.382 e. The molecule has 3 rings (SSSR count). The van der Waals surface area contributed by atoms with Crippen molar-refractivity contribution >= 4 is 23.2 Å². The second kappa shape index (κ2) is 12.0. The van der Waals surface area contributed by atoms with Crippen molar-refractivity contribution in [3.63, 3.8) is 0 Å². The Balaban J connectivity index is 1.86. The van der Waals surface area contributed by atoms with E-state index in [0.29, 0.717) is 31.7 Å². The number of hydrogen-bond donors (Lipinski definition) is 1. The number of amides is 2. The van der Waals surface area contributed by atoms with E-state index >= 15 is 0 Å². The summed E-state index contributed by atoms with van der Waals surface area (Å²) in [5.41, 5.74) is 0.618. The third-order valence-electron chi connectivity index (χ3n) is 5.57. The monoisotopic (exact) mass is 446 g/mol. The first-order valence-corrected chi connectivity index (χ1v) is 11.9.